The molecule has 5 nitrogen and oxygen atoms in total. The van der Waals surface area contributed by atoms with Crippen molar-refractivity contribution >= 4 is 5.91 Å². The minimum Gasteiger partial charge on any atom is -0.505 e. The van der Waals surface area contributed by atoms with Crippen LogP contribution in [0.2, 0.25) is 0 Å². The van der Waals surface area contributed by atoms with Crippen LogP contribution in [0.1, 0.15) is 61.3 Å². The van der Waals surface area contributed by atoms with Crippen molar-refractivity contribution in [3.05, 3.63) is 47.0 Å². The fourth-order valence-corrected chi connectivity index (χ4v) is 2.65. The number of carbonyl (C=O) groups excluding carboxylic acids is 1. The molecule has 0 atom stereocenters. The summed E-state index contributed by atoms with van der Waals surface area (Å²) < 4.78 is 15.3. The smallest absolute Gasteiger partial charge is 0.272 e. The normalized spacial score (nSPS) is 14.7. The number of phenols is 1. The number of carbonyl (C=O) groups is 1. The Balaban J connectivity index is 1.74. The lowest BCUT2D eigenvalue weighted by atomic mass is 10.1. The molecule has 0 bridgehead atoms. The van der Waals surface area contributed by atoms with Crippen LogP contribution in [0.15, 0.2) is 24.3 Å². The summed E-state index contributed by atoms with van der Waals surface area (Å²) in [5, 5.41) is 16.4. The summed E-state index contributed by atoms with van der Waals surface area (Å²) in [6.07, 6.45) is 2.27. The Bertz CT molecular complexity index is 773. The van der Waals surface area contributed by atoms with Crippen LogP contribution < -0.4 is 5.32 Å². The van der Waals surface area contributed by atoms with E-state index in [4.69, 9.17) is 0 Å². The Labute approximate surface area is 140 Å². The van der Waals surface area contributed by atoms with Crippen molar-refractivity contribution < 1.29 is 14.3 Å². The summed E-state index contributed by atoms with van der Waals surface area (Å²) in [7, 11) is 0. The first-order valence-corrected chi connectivity index (χ1v) is 8.12. The van der Waals surface area contributed by atoms with E-state index in [0.29, 0.717) is 17.2 Å². The van der Waals surface area contributed by atoms with Crippen LogP contribution in [0.25, 0.3) is 0 Å². The summed E-state index contributed by atoms with van der Waals surface area (Å²) in [6, 6.07) is 5.91. The van der Waals surface area contributed by atoms with Crippen LogP contribution in [0.4, 0.5) is 4.39 Å². The first-order chi connectivity index (χ1) is 11.3. The van der Waals surface area contributed by atoms with Gasteiger partial charge in [0.05, 0.1) is 5.54 Å². The summed E-state index contributed by atoms with van der Waals surface area (Å²) in [5.41, 5.74) is 1.88. The van der Waals surface area contributed by atoms with E-state index in [1.807, 2.05) is 10.7 Å². The summed E-state index contributed by atoms with van der Waals surface area (Å²) in [5.74, 6) is -0.893. The quantitative estimate of drug-likeness (QED) is 0.903. The number of aromatic nitrogens is 2. The second-order valence-electron chi connectivity index (χ2n) is 7.28. The van der Waals surface area contributed by atoms with E-state index in [9.17, 15) is 14.3 Å². The third-order valence-corrected chi connectivity index (χ3v) is 4.07. The summed E-state index contributed by atoms with van der Waals surface area (Å²) >= 11 is 0. The van der Waals surface area contributed by atoms with Crippen molar-refractivity contribution in [1.82, 2.24) is 15.1 Å². The molecule has 1 saturated carbocycles. The molecule has 128 valence electrons. The molecular formula is C18H22FN3O2. The van der Waals surface area contributed by atoms with Crippen molar-refractivity contribution in [2.24, 2.45) is 0 Å². The topological polar surface area (TPSA) is 67.2 Å². The van der Waals surface area contributed by atoms with Gasteiger partial charge in [0.15, 0.2) is 11.6 Å². The largest absolute Gasteiger partial charge is 0.505 e. The molecule has 1 aliphatic rings. The van der Waals surface area contributed by atoms with Crippen molar-refractivity contribution in [3.63, 3.8) is 0 Å². The number of halogens is 1. The van der Waals surface area contributed by atoms with Gasteiger partial charge in [0.2, 0.25) is 0 Å². The van der Waals surface area contributed by atoms with Gasteiger partial charge in [0.1, 0.15) is 5.69 Å². The zero-order chi connectivity index (χ0) is 17.5. The molecule has 2 aromatic rings. The van der Waals surface area contributed by atoms with Crippen LogP contribution in [0.3, 0.4) is 0 Å². The monoisotopic (exact) mass is 331 g/mol. The van der Waals surface area contributed by atoms with Gasteiger partial charge in [-0.2, -0.15) is 5.10 Å². The van der Waals surface area contributed by atoms with Gasteiger partial charge in [0, 0.05) is 18.2 Å². The van der Waals surface area contributed by atoms with E-state index < -0.39 is 11.6 Å². The number of phenolic OH excluding ortho intramolecular Hbond substituents is 1. The van der Waals surface area contributed by atoms with Gasteiger partial charge >= 0.3 is 0 Å². The molecule has 1 aromatic carbocycles. The molecule has 24 heavy (non-hydrogen) atoms. The number of nitrogens with one attached hydrogen (secondary N) is 1. The minimum absolute atomic E-state index is 0.178. The maximum absolute atomic E-state index is 13.3. The summed E-state index contributed by atoms with van der Waals surface area (Å²) in [4.78, 5) is 12.4. The van der Waals surface area contributed by atoms with Gasteiger partial charge in [-0.25, -0.2) is 4.39 Å². The van der Waals surface area contributed by atoms with Gasteiger partial charge in [0.25, 0.3) is 5.91 Å². The predicted molar refractivity (Wildman–Crippen MR) is 88.4 cm³/mol. The Morgan fingerprint density at radius 3 is 2.67 bits per heavy atom. The molecule has 1 amide bonds. The number of hydrogen-bond acceptors (Lipinski definition) is 3. The van der Waals surface area contributed by atoms with Crippen molar-refractivity contribution in [3.8, 4) is 5.75 Å². The summed E-state index contributed by atoms with van der Waals surface area (Å²) in [6.45, 7) is 6.36. The lowest BCUT2D eigenvalue weighted by Gasteiger charge is -2.22. The third kappa shape index (κ3) is 3.42. The SMILES string of the molecule is CC(C)(C)n1nc(C(=O)NCc2ccc(O)c(F)c2)cc1C1CC1. The molecule has 1 aromatic heterocycles. The number of aromatic hydroxyl groups is 1. The van der Waals surface area contributed by atoms with E-state index in [0.717, 1.165) is 18.5 Å². The second kappa shape index (κ2) is 5.92. The van der Waals surface area contributed by atoms with Gasteiger partial charge in [-0.05, 0) is 57.4 Å². The maximum Gasteiger partial charge on any atom is 0.272 e. The highest BCUT2D eigenvalue weighted by atomic mass is 19.1. The highest BCUT2D eigenvalue weighted by molar-refractivity contribution is 5.92. The molecule has 1 fully saturated rings. The van der Waals surface area contributed by atoms with E-state index >= 15 is 0 Å². The molecule has 1 heterocycles. The highest BCUT2D eigenvalue weighted by Crippen LogP contribution is 2.41. The number of nitrogens with zero attached hydrogens (tertiary/aromatic N) is 2. The van der Waals surface area contributed by atoms with Gasteiger partial charge in [-0.1, -0.05) is 6.07 Å². The Kier molecular flexibility index (Phi) is 4.07. The average Bonchev–Trinajstić information content (AvgIpc) is 3.25. The van der Waals surface area contributed by atoms with Gasteiger partial charge < -0.3 is 10.4 Å². The maximum atomic E-state index is 13.3. The van der Waals surface area contributed by atoms with Gasteiger partial charge in [-0.3, -0.25) is 9.48 Å². The third-order valence-electron chi connectivity index (χ3n) is 4.07. The molecule has 0 spiro atoms. The Morgan fingerprint density at radius 1 is 1.38 bits per heavy atom. The van der Waals surface area contributed by atoms with E-state index in [1.165, 1.54) is 12.1 Å². The molecule has 1 aliphatic carbocycles. The molecule has 0 aliphatic heterocycles. The number of benzene rings is 1. The standard InChI is InChI=1S/C18H22FN3O2/c1-18(2,3)22-15(12-5-6-12)9-14(21-22)17(24)20-10-11-4-7-16(23)13(19)8-11/h4,7-9,12,23H,5-6,10H2,1-3H3,(H,20,24). The molecule has 0 unspecified atom stereocenters. The predicted octanol–water partition coefficient (Wildman–Crippen LogP) is 3.29. The molecule has 2 N–H and O–H groups in total. The fraction of sp³-hybridized carbons (Fsp3) is 0.444. The van der Waals surface area contributed by atoms with Crippen LogP contribution in [0.5, 0.6) is 5.75 Å². The Hall–Kier alpha value is -2.37. The lowest BCUT2D eigenvalue weighted by molar-refractivity contribution is 0.0944. The van der Waals surface area contributed by atoms with Gasteiger partial charge in [-0.15, -0.1) is 0 Å². The first-order valence-electron chi connectivity index (χ1n) is 8.12. The minimum atomic E-state index is -0.699. The van der Waals surface area contributed by atoms with Crippen LogP contribution in [0, 0.1) is 5.82 Å². The van der Waals surface area contributed by atoms with Crippen LogP contribution in [-0.4, -0.2) is 20.8 Å². The molecule has 0 saturated heterocycles. The van der Waals surface area contributed by atoms with Crippen LogP contribution in [-0.2, 0) is 12.1 Å². The zero-order valence-corrected chi connectivity index (χ0v) is 14.1. The molecule has 0 radical (unpaired) electrons. The number of rotatable bonds is 4. The van der Waals surface area contributed by atoms with E-state index in [2.05, 4.69) is 31.2 Å². The number of amides is 1. The van der Waals surface area contributed by atoms with Crippen molar-refractivity contribution in [2.45, 2.75) is 51.6 Å². The molecular weight excluding hydrogens is 309 g/mol. The average molecular weight is 331 g/mol. The van der Waals surface area contributed by atoms with Crippen molar-refractivity contribution in [1.29, 1.82) is 0 Å². The van der Waals surface area contributed by atoms with E-state index in [1.54, 1.807) is 6.07 Å². The number of hydrogen-bond donors (Lipinski definition) is 2. The second-order valence-corrected chi connectivity index (χ2v) is 7.28. The zero-order valence-electron chi connectivity index (χ0n) is 14.1. The highest BCUT2D eigenvalue weighted by Gasteiger charge is 2.32. The Morgan fingerprint density at radius 2 is 2.08 bits per heavy atom. The van der Waals surface area contributed by atoms with Crippen LogP contribution >= 0.6 is 0 Å². The lowest BCUT2D eigenvalue weighted by Crippen LogP contribution is -2.27. The molecule has 6 heteroatoms. The fourth-order valence-electron chi connectivity index (χ4n) is 2.65. The van der Waals surface area contributed by atoms with Crippen molar-refractivity contribution in [2.75, 3.05) is 0 Å². The first kappa shape index (κ1) is 16.5. The van der Waals surface area contributed by atoms with E-state index in [-0.39, 0.29) is 18.0 Å². The molecule has 3 rings (SSSR count).